The number of nitrogens with one attached hydrogen (secondary N) is 1. The highest BCUT2D eigenvalue weighted by Gasteiger charge is 2.30. The summed E-state index contributed by atoms with van der Waals surface area (Å²) in [6.07, 6.45) is 2.39. The minimum Gasteiger partial charge on any atom is -0.468 e. The summed E-state index contributed by atoms with van der Waals surface area (Å²) in [4.78, 5) is 11.8. The van der Waals surface area contributed by atoms with Crippen LogP contribution in [0.15, 0.2) is 24.3 Å². The van der Waals surface area contributed by atoms with Crippen LogP contribution in [0.1, 0.15) is 43.7 Å². The van der Waals surface area contributed by atoms with Crippen molar-refractivity contribution in [2.24, 2.45) is 0 Å². The Labute approximate surface area is 115 Å². The lowest BCUT2D eigenvalue weighted by Crippen LogP contribution is -2.30. The Balaban J connectivity index is 2.15. The Morgan fingerprint density at radius 1 is 1.21 bits per heavy atom. The molecule has 0 atom stereocenters. The number of hydrogen-bond acceptors (Lipinski definition) is 3. The molecule has 0 unspecified atom stereocenters. The molecule has 104 valence electrons. The van der Waals surface area contributed by atoms with Crippen LogP contribution in [-0.2, 0) is 14.9 Å². The van der Waals surface area contributed by atoms with Crippen molar-refractivity contribution in [1.82, 2.24) is 5.32 Å². The van der Waals surface area contributed by atoms with Gasteiger partial charge in [0.1, 0.15) is 0 Å². The molecule has 0 saturated carbocycles. The van der Waals surface area contributed by atoms with Gasteiger partial charge < -0.3 is 10.1 Å². The van der Waals surface area contributed by atoms with Crippen LogP contribution in [0, 0.1) is 0 Å². The predicted octanol–water partition coefficient (Wildman–Crippen LogP) is 2.60. The van der Waals surface area contributed by atoms with E-state index in [9.17, 15) is 4.79 Å². The molecule has 0 amide bonds. The van der Waals surface area contributed by atoms with Gasteiger partial charge in [0.2, 0.25) is 0 Å². The Hall–Kier alpha value is -1.35. The van der Waals surface area contributed by atoms with E-state index in [0.717, 1.165) is 18.7 Å². The molecule has 1 N–H and O–H groups in total. The lowest BCUT2D eigenvalue weighted by atomic mass is 9.82. The van der Waals surface area contributed by atoms with Gasteiger partial charge in [0.15, 0.2) is 0 Å². The molecule has 3 nitrogen and oxygen atoms in total. The van der Waals surface area contributed by atoms with E-state index in [4.69, 9.17) is 4.74 Å². The number of carbonyl (C=O) groups excluding carboxylic acids is 1. The predicted molar refractivity (Wildman–Crippen MR) is 76.3 cm³/mol. The van der Waals surface area contributed by atoms with E-state index in [1.54, 1.807) is 0 Å². The number of rotatable bonds is 3. The van der Waals surface area contributed by atoms with E-state index in [2.05, 4.69) is 29.6 Å². The number of carbonyl (C=O) groups is 1. The Morgan fingerprint density at radius 2 is 1.79 bits per heavy atom. The van der Waals surface area contributed by atoms with E-state index in [-0.39, 0.29) is 5.97 Å². The number of piperidine rings is 1. The summed E-state index contributed by atoms with van der Waals surface area (Å²) in [5.74, 6) is 0.457. The first-order chi connectivity index (χ1) is 9.05. The molecule has 0 spiro atoms. The van der Waals surface area contributed by atoms with Crippen molar-refractivity contribution in [1.29, 1.82) is 0 Å². The van der Waals surface area contributed by atoms with Crippen molar-refractivity contribution in [2.45, 2.75) is 38.0 Å². The normalized spacial score (nSPS) is 17.2. The zero-order chi connectivity index (χ0) is 13.9. The van der Waals surface area contributed by atoms with Crippen LogP contribution in [0.3, 0.4) is 0 Å². The van der Waals surface area contributed by atoms with Gasteiger partial charge in [-0.15, -0.1) is 0 Å². The van der Waals surface area contributed by atoms with Crippen LogP contribution < -0.4 is 5.32 Å². The van der Waals surface area contributed by atoms with Gasteiger partial charge in [0.05, 0.1) is 12.5 Å². The molecule has 1 fully saturated rings. The fourth-order valence-electron chi connectivity index (χ4n) is 2.70. The first kappa shape index (κ1) is 14.1. The van der Waals surface area contributed by atoms with Crippen molar-refractivity contribution >= 4 is 5.97 Å². The molecular weight excluding hydrogens is 238 g/mol. The molecule has 2 rings (SSSR count). The molecule has 19 heavy (non-hydrogen) atoms. The van der Waals surface area contributed by atoms with Crippen LogP contribution in [-0.4, -0.2) is 26.2 Å². The molecule has 1 aliphatic heterocycles. The van der Waals surface area contributed by atoms with E-state index in [1.165, 1.54) is 25.5 Å². The smallest absolute Gasteiger partial charge is 0.315 e. The minimum atomic E-state index is -0.582. The molecule has 1 saturated heterocycles. The van der Waals surface area contributed by atoms with Crippen molar-refractivity contribution in [3.63, 3.8) is 0 Å². The largest absolute Gasteiger partial charge is 0.468 e. The summed E-state index contributed by atoms with van der Waals surface area (Å²) in [6.45, 7) is 6.00. The molecule has 1 aliphatic rings. The first-order valence-electron chi connectivity index (χ1n) is 6.95. The van der Waals surface area contributed by atoms with Gasteiger partial charge in [-0.05, 0) is 56.8 Å². The van der Waals surface area contributed by atoms with Gasteiger partial charge in [-0.1, -0.05) is 24.3 Å². The van der Waals surface area contributed by atoms with Crippen molar-refractivity contribution in [3.05, 3.63) is 35.4 Å². The highest BCUT2D eigenvalue weighted by atomic mass is 16.5. The Bertz CT molecular complexity index is 431. The summed E-state index contributed by atoms with van der Waals surface area (Å²) in [5, 5.41) is 3.38. The Kier molecular flexibility index (Phi) is 4.25. The molecule has 0 radical (unpaired) electrons. The van der Waals surface area contributed by atoms with Crippen molar-refractivity contribution in [2.75, 3.05) is 20.2 Å². The molecule has 3 heteroatoms. The summed E-state index contributed by atoms with van der Waals surface area (Å²) < 4.78 is 4.87. The second-order valence-corrected chi connectivity index (χ2v) is 5.76. The zero-order valence-electron chi connectivity index (χ0n) is 12.0. The average molecular weight is 261 g/mol. The van der Waals surface area contributed by atoms with E-state index >= 15 is 0 Å². The van der Waals surface area contributed by atoms with Gasteiger partial charge in [0.25, 0.3) is 0 Å². The summed E-state index contributed by atoms with van der Waals surface area (Å²) in [7, 11) is 1.44. The number of ether oxygens (including phenoxy) is 1. The molecule has 0 aliphatic carbocycles. The van der Waals surface area contributed by atoms with Crippen molar-refractivity contribution in [3.8, 4) is 0 Å². The van der Waals surface area contributed by atoms with Crippen molar-refractivity contribution < 1.29 is 9.53 Å². The maximum atomic E-state index is 11.8. The lowest BCUT2D eigenvalue weighted by Gasteiger charge is -2.25. The summed E-state index contributed by atoms with van der Waals surface area (Å²) in [6, 6.07) is 8.45. The van der Waals surface area contributed by atoms with E-state index in [0.29, 0.717) is 5.92 Å². The highest BCUT2D eigenvalue weighted by molar-refractivity contribution is 5.82. The first-order valence-corrected chi connectivity index (χ1v) is 6.95. The monoisotopic (exact) mass is 261 g/mol. The second-order valence-electron chi connectivity index (χ2n) is 5.76. The standard InChI is InChI=1S/C16H23NO2/c1-16(2,15(18)19-3)14-6-4-12(5-7-14)13-8-10-17-11-9-13/h4-7,13,17H,8-11H2,1-3H3. The minimum absolute atomic E-state index is 0.192. The van der Waals surface area contributed by atoms with Gasteiger partial charge in [-0.25, -0.2) is 0 Å². The quantitative estimate of drug-likeness (QED) is 0.850. The zero-order valence-corrected chi connectivity index (χ0v) is 12.0. The number of methoxy groups -OCH3 is 1. The maximum Gasteiger partial charge on any atom is 0.315 e. The fourth-order valence-corrected chi connectivity index (χ4v) is 2.70. The average Bonchev–Trinajstić information content (AvgIpc) is 2.47. The van der Waals surface area contributed by atoms with E-state index < -0.39 is 5.41 Å². The number of benzene rings is 1. The molecular formula is C16H23NO2. The topological polar surface area (TPSA) is 38.3 Å². The Morgan fingerprint density at radius 3 is 2.32 bits per heavy atom. The molecule has 1 heterocycles. The summed E-state index contributed by atoms with van der Waals surface area (Å²) >= 11 is 0. The molecule has 0 bridgehead atoms. The maximum absolute atomic E-state index is 11.8. The van der Waals surface area contributed by atoms with E-state index in [1.807, 2.05) is 13.8 Å². The van der Waals surface area contributed by atoms with Gasteiger partial charge >= 0.3 is 5.97 Å². The van der Waals surface area contributed by atoms with Gasteiger partial charge in [-0.2, -0.15) is 0 Å². The van der Waals surface area contributed by atoms with Gasteiger partial charge in [-0.3, -0.25) is 4.79 Å². The molecule has 1 aromatic carbocycles. The third-order valence-electron chi connectivity index (χ3n) is 4.14. The SMILES string of the molecule is COC(=O)C(C)(C)c1ccc(C2CCNCC2)cc1. The molecule has 1 aromatic rings. The lowest BCUT2D eigenvalue weighted by molar-refractivity contribution is -0.146. The van der Waals surface area contributed by atoms with Crippen LogP contribution >= 0.6 is 0 Å². The number of esters is 1. The second kappa shape index (κ2) is 5.74. The van der Waals surface area contributed by atoms with Crippen LogP contribution in [0.4, 0.5) is 0 Å². The van der Waals surface area contributed by atoms with Gasteiger partial charge in [0, 0.05) is 0 Å². The van der Waals surface area contributed by atoms with Crippen LogP contribution in [0.5, 0.6) is 0 Å². The fraction of sp³-hybridized carbons (Fsp3) is 0.562. The third-order valence-corrected chi connectivity index (χ3v) is 4.14. The number of hydrogen-bond donors (Lipinski definition) is 1. The van der Waals surface area contributed by atoms with Crippen LogP contribution in [0.2, 0.25) is 0 Å². The third kappa shape index (κ3) is 2.98. The summed E-state index contributed by atoms with van der Waals surface area (Å²) in [5.41, 5.74) is 1.81. The molecule has 0 aromatic heterocycles. The highest BCUT2D eigenvalue weighted by Crippen LogP contribution is 2.29. The van der Waals surface area contributed by atoms with Crippen LogP contribution in [0.25, 0.3) is 0 Å².